The van der Waals surface area contributed by atoms with Crippen molar-refractivity contribution in [2.24, 2.45) is 0 Å². The average Bonchev–Trinajstić information content (AvgIpc) is 2.52. The smallest absolute Gasteiger partial charge is 0.251 e. The van der Waals surface area contributed by atoms with Gasteiger partial charge in [0.1, 0.15) is 12.4 Å². The van der Waals surface area contributed by atoms with Crippen LogP contribution in [0.5, 0.6) is 5.75 Å². The Morgan fingerprint density at radius 2 is 1.76 bits per heavy atom. The van der Waals surface area contributed by atoms with E-state index in [9.17, 15) is 13.2 Å². The lowest BCUT2D eigenvalue weighted by Gasteiger charge is -2.11. The van der Waals surface area contributed by atoms with Crippen molar-refractivity contribution in [3.8, 4) is 5.75 Å². The molecule has 0 radical (unpaired) electrons. The zero-order valence-electron chi connectivity index (χ0n) is 14.5. The van der Waals surface area contributed by atoms with Crippen LogP contribution in [0, 0.1) is 13.8 Å². The van der Waals surface area contributed by atoms with E-state index in [0.29, 0.717) is 24.4 Å². The van der Waals surface area contributed by atoms with E-state index >= 15 is 0 Å². The number of rotatable bonds is 7. The van der Waals surface area contributed by atoms with Crippen molar-refractivity contribution in [3.05, 3.63) is 59.2 Å². The van der Waals surface area contributed by atoms with Crippen molar-refractivity contribution in [2.75, 3.05) is 24.1 Å². The molecule has 2 N–H and O–H groups in total. The average molecular weight is 362 g/mol. The van der Waals surface area contributed by atoms with Gasteiger partial charge in [0, 0.05) is 11.3 Å². The molecule has 0 aliphatic carbocycles. The molecular weight excluding hydrogens is 340 g/mol. The molecule has 0 aromatic heterocycles. The molecule has 1 amide bonds. The molecule has 0 aliphatic rings. The third kappa shape index (κ3) is 6.11. The van der Waals surface area contributed by atoms with Crippen LogP contribution in [-0.4, -0.2) is 33.7 Å². The molecule has 0 heterocycles. The fourth-order valence-corrected chi connectivity index (χ4v) is 2.86. The number of anilines is 1. The third-order valence-electron chi connectivity index (χ3n) is 3.43. The van der Waals surface area contributed by atoms with Gasteiger partial charge >= 0.3 is 0 Å². The highest BCUT2D eigenvalue weighted by Gasteiger charge is 2.07. The van der Waals surface area contributed by atoms with Gasteiger partial charge in [0.05, 0.1) is 12.8 Å². The van der Waals surface area contributed by atoms with Crippen molar-refractivity contribution in [1.82, 2.24) is 5.32 Å². The molecule has 134 valence electrons. The van der Waals surface area contributed by atoms with Crippen LogP contribution in [0.1, 0.15) is 21.5 Å². The standard InChI is InChI=1S/C18H22N2O4S/c1-13-4-9-17(14(2)12-13)24-11-10-19-18(21)15-5-7-16(8-6-15)20-25(3,22)23/h4-9,12,20H,10-11H2,1-3H3,(H,19,21). The Morgan fingerprint density at radius 1 is 1.08 bits per heavy atom. The highest BCUT2D eigenvalue weighted by atomic mass is 32.2. The van der Waals surface area contributed by atoms with Crippen LogP contribution in [0.15, 0.2) is 42.5 Å². The van der Waals surface area contributed by atoms with Crippen LogP contribution in [0.2, 0.25) is 0 Å². The van der Waals surface area contributed by atoms with Gasteiger partial charge in [0.15, 0.2) is 0 Å². The van der Waals surface area contributed by atoms with E-state index in [1.54, 1.807) is 24.3 Å². The predicted octanol–water partition coefficient (Wildman–Crippen LogP) is 2.48. The van der Waals surface area contributed by atoms with Gasteiger partial charge < -0.3 is 10.1 Å². The van der Waals surface area contributed by atoms with Gasteiger partial charge in [-0.2, -0.15) is 0 Å². The van der Waals surface area contributed by atoms with Crippen LogP contribution in [0.25, 0.3) is 0 Å². The van der Waals surface area contributed by atoms with Crippen LogP contribution in [0.3, 0.4) is 0 Å². The summed E-state index contributed by atoms with van der Waals surface area (Å²) < 4.78 is 30.3. The first-order valence-corrected chi connectivity index (χ1v) is 9.70. The van der Waals surface area contributed by atoms with Gasteiger partial charge in [-0.05, 0) is 49.7 Å². The number of sulfonamides is 1. The monoisotopic (exact) mass is 362 g/mol. The maximum Gasteiger partial charge on any atom is 0.251 e. The van der Waals surface area contributed by atoms with Gasteiger partial charge in [0.2, 0.25) is 10.0 Å². The first-order valence-electron chi connectivity index (χ1n) is 7.81. The highest BCUT2D eigenvalue weighted by Crippen LogP contribution is 2.18. The molecule has 0 aliphatic heterocycles. The molecule has 2 aromatic rings. The van der Waals surface area contributed by atoms with Gasteiger partial charge in [-0.3, -0.25) is 9.52 Å². The molecule has 2 rings (SSSR count). The topological polar surface area (TPSA) is 84.5 Å². The van der Waals surface area contributed by atoms with Gasteiger partial charge in [-0.15, -0.1) is 0 Å². The SMILES string of the molecule is Cc1ccc(OCCNC(=O)c2ccc(NS(C)(=O)=O)cc2)c(C)c1. The van der Waals surface area contributed by atoms with E-state index in [1.807, 2.05) is 32.0 Å². The second-order valence-electron chi connectivity index (χ2n) is 5.82. The number of ether oxygens (including phenoxy) is 1. The summed E-state index contributed by atoms with van der Waals surface area (Å²) in [5.41, 5.74) is 3.09. The molecule has 2 aromatic carbocycles. The summed E-state index contributed by atoms with van der Waals surface area (Å²) in [6.45, 7) is 4.74. The van der Waals surface area contributed by atoms with Crippen molar-refractivity contribution < 1.29 is 17.9 Å². The number of nitrogens with one attached hydrogen (secondary N) is 2. The number of amides is 1. The Hall–Kier alpha value is -2.54. The summed E-state index contributed by atoms with van der Waals surface area (Å²) in [6, 6.07) is 12.2. The molecule has 7 heteroatoms. The number of carbonyl (C=O) groups excluding carboxylic acids is 1. The molecule has 0 spiro atoms. The Labute approximate surface area is 148 Å². The minimum absolute atomic E-state index is 0.241. The number of aryl methyl sites for hydroxylation is 2. The summed E-state index contributed by atoms with van der Waals surface area (Å²) in [6.07, 6.45) is 1.07. The second-order valence-corrected chi connectivity index (χ2v) is 7.57. The normalized spacial score (nSPS) is 11.0. The number of hydrogen-bond donors (Lipinski definition) is 2. The number of benzene rings is 2. The minimum Gasteiger partial charge on any atom is -0.491 e. The van der Waals surface area contributed by atoms with Crippen molar-refractivity contribution in [3.63, 3.8) is 0 Å². The predicted molar refractivity (Wildman–Crippen MR) is 98.7 cm³/mol. The van der Waals surface area contributed by atoms with E-state index in [4.69, 9.17) is 4.74 Å². The Bertz CT molecular complexity index is 846. The van der Waals surface area contributed by atoms with Crippen molar-refractivity contribution in [1.29, 1.82) is 0 Å². The summed E-state index contributed by atoms with van der Waals surface area (Å²) in [4.78, 5) is 12.1. The fraction of sp³-hybridized carbons (Fsp3) is 0.278. The molecule has 6 nitrogen and oxygen atoms in total. The summed E-state index contributed by atoms with van der Waals surface area (Å²) in [5.74, 6) is 0.561. The third-order valence-corrected chi connectivity index (χ3v) is 4.03. The maximum absolute atomic E-state index is 12.1. The fourth-order valence-electron chi connectivity index (χ4n) is 2.29. The van der Waals surface area contributed by atoms with E-state index in [2.05, 4.69) is 10.0 Å². The second kappa shape index (κ2) is 8.02. The minimum atomic E-state index is -3.33. The molecule has 0 saturated carbocycles. The van der Waals surface area contributed by atoms with Crippen LogP contribution >= 0.6 is 0 Å². The highest BCUT2D eigenvalue weighted by molar-refractivity contribution is 7.92. The van der Waals surface area contributed by atoms with Gasteiger partial charge in [0.25, 0.3) is 5.91 Å². The van der Waals surface area contributed by atoms with E-state index in [1.165, 1.54) is 5.56 Å². The first-order chi connectivity index (χ1) is 11.7. The summed E-state index contributed by atoms with van der Waals surface area (Å²) in [5, 5.41) is 2.77. The van der Waals surface area contributed by atoms with Gasteiger partial charge in [-0.25, -0.2) is 8.42 Å². The van der Waals surface area contributed by atoms with Crippen LogP contribution in [-0.2, 0) is 10.0 Å². The maximum atomic E-state index is 12.1. The lowest BCUT2D eigenvalue weighted by Crippen LogP contribution is -2.28. The molecular formula is C18H22N2O4S. The zero-order chi connectivity index (χ0) is 18.4. The molecule has 25 heavy (non-hydrogen) atoms. The molecule has 0 unspecified atom stereocenters. The quantitative estimate of drug-likeness (QED) is 0.741. The van der Waals surface area contributed by atoms with Crippen molar-refractivity contribution >= 4 is 21.6 Å². The zero-order valence-corrected chi connectivity index (χ0v) is 15.3. The lowest BCUT2D eigenvalue weighted by molar-refractivity contribution is 0.0947. The Balaban J connectivity index is 1.82. The number of carbonyl (C=O) groups is 1. The summed E-state index contributed by atoms with van der Waals surface area (Å²) >= 11 is 0. The van der Waals surface area contributed by atoms with Gasteiger partial charge in [-0.1, -0.05) is 17.7 Å². The van der Waals surface area contributed by atoms with Crippen LogP contribution in [0.4, 0.5) is 5.69 Å². The van der Waals surface area contributed by atoms with E-state index in [-0.39, 0.29) is 5.91 Å². The number of hydrogen-bond acceptors (Lipinski definition) is 4. The Morgan fingerprint density at radius 3 is 2.36 bits per heavy atom. The molecule has 0 saturated heterocycles. The molecule has 0 bridgehead atoms. The summed E-state index contributed by atoms with van der Waals surface area (Å²) in [7, 11) is -3.33. The van der Waals surface area contributed by atoms with E-state index < -0.39 is 10.0 Å². The van der Waals surface area contributed by atoms with E-state index in [0.717, 1.165) is 17.6 Å². The Kier molecular flexibility index (Phi) is 6.03. The van der Waals surface area contributed by atoms with Crippen molar-refractivity contribution in [2.45, 2.75) is 13.8 Å². The lowest BCUT2D eigenvalue weighted by atomic mass is 10.1. The van der Waals surface area contributed by atoms with Crippen LogP contribution < -0.4 is 14.8 Å². The molecule has 0 fully saturated rings. The first kappa shape index (κ1) is 18.8. The molecule has 0 atom stereocenters. The largest absolute Gasteiger partial charge is 0.491 e.